The summed E-state index contributed by atoms with van der Waals surface area (Å²) >= 11 is 0. The van der Waals surface area contributed by atoms with Crippen LogP contribution in [0.3, 0.4) is 0 Å². The molecule has 2 aromatic rings. The zero-order valence-corrected chi connectivity index (χ0v) is 11.0. The van der Waals surface area contributed by atoms with Gasteiger partial charge in [-0.05, 0) is 43.3 Å². The third-order valence-corrected chi connectivity index (χ3v) is 3.18. The number of carbonyl (C=O) groups is 1. The van der Waals surface area contributed by atoms with Crippen LogP contribution < -0.4 is 0 Å². The van der Waals surface area contributed by atoms with Gasteiger partial charge in [-0.1, -0.05) is 0 Å². The molecule has 5 nitrogen and oxygen atoms in total. The topological polar surface area (TPSA) is 64.4 Å². The highest BCUT2D eigenvalue weighted by molar-refractivity contribution is 5.87. The number of hydrogen-bond acceptors (Lipinski definition) is 3. The number of carboxylic acids is 1. The first-order valence-corrected chi connectivity index (χ1v) is 6.40. The molecule has 0 radical (unpaired) electrons. The molecule has 0 amide bonds. The average molecular weight is 270 g/mol. The van der Waals surface area contributed by atoms with E-state index < -0.39 is 5.97 Å². The summed E-state index contributed by atoms with van der Waals surface area (Å²) in [5.74, 6) is -0.130. The van der Waals surface area contributed by atoms with E-state index in [-0.39, 0.29) is 11.7 Å². The van der Waals surface area contributed by atoms with E-state index in [9.17, 15) is 4.79 Å². The molecule has 1 aromatic carbocycles. The Morgan fingerprint density at radius 3 is 2.70 bits per heavy atom. The van der Waals surface area contributed by atoms with Gasteiger partial charge in [-0.2, -0.15) is 5.10 Å². The number of ether oxygens (including phenoxy) is 1. The summed E-state index contributed by atoms with van der Waals surface area (Å²) in [5.41, 5.74) is 1.86. The number of aromatic carboxylic acids is 1. The first-order chi connectivity index (χ1) is 9.63. The van der Waals surface area contributed by atoms with E-state index in [2.05, 4.69) is 5.10 Å². The number of hydrogen-bond donors (Lipinski definition) is 1. The van der Waals surface area contributed by atoms with Gasteiger partial charge in [-0.15, -0.1) is 0 Å². The van der Waals surface area contributed by atoms with Crippen LogP contribution >= 0.6 is 0 Å². The van der Waals surface area contributed by atoms with Crippen LogP contribution in [-0.2, 0) is 4.74 Å². The quantitative estimate of drug-likeness (QED) is 0.931. The molecule has 5 heteroatoms. The highest BCUT2D eigenvalue weighted by Crippen LogP contribution is 2.25. The van der Waals surface area contributed by atoms with Crippen molar-refractivity contribution in [3.05, 3.63) is 53.9 Å². The van der Waals surface area contributed by atoms with Crippen molar-refractivity contribution in [2.24, 2.45) is 0 Å². The summed E-state index contributed by atoms with van der Waals surface area (Å²) in [6.07, 6.45) is 4.96. The molecule has 20 heavy (non-hydrogen) atoms. The summed E-state index contributed by atoms with van der Waals surface area (Å²) in [4.78, 5) is 10.8. The van der Waals surface area contributed by atoms with Crippen molar-refractivity contribution in [2.45, 2.75) is 19.4 Å². The van der Waals surface area contributed by atoms with Gasteiger partial charge in [0.15, 0.2) is 0 Å². The molecule has 0 saturated carbocycles. The van der Waals surface area contributed by atoms with Crippen LogP contribution in [0.5, 0.6) is 0 Å². The lowest BCUT2D eigenvalue weighted by atomic mass is 10.2. The second-order valence-corrected chi connectivity index (χ2v) is 4.73. The van der Waals surface area contributed by atoms with Gasteiger partial charge >= 0.3 is 5.97 Å². The molecular formula is C15H14N2O3. The molecule has 0 saturated heterocycles. The number of carboxylic acid groups (broad SMARTS) is 1. The molecule has 102 valence electrons. The zero-order chi connectivity index (χ0) is 14.1. The molecular weight excluding hydrogens is 256 g/mol. The molecule has 1 aliphatic rings. The molecule has 0 spiro atoms. The molecule has 1 unspecified atom stereocenters. The summed E-state index contributed by atoms with van der Waals surface area (Å²) in [7, 11) is 0. The van der Waals surface area contributed by atoms with Crippen LogP contribution in [0.2, 0.25) is 0 Å². The van der Waals surface area contributed by atoms with Crippen LogP contribution in [0.15, 0.2) is 42.6 Å². The van der Waals surface area contributed by atoms with Crippen molar-refractivity contribution in [1.82, 2.24) is 9.78 Å². The lowest BCUT2D eigenvalue weighted by molar-refractivity contribution is 0.0697. The maximum atomic E-state index is 10.8. The zero-order valence-electron chi connectivity index (χ0n) is 11.0. The SMILES string of the molecule is CC1CC=C(c2ccn(-c3ccc(C(=O)O)cc3)n2)O1. The maximum absolute atomic E-state index is 10.8. The minimum atomic E-state index is -0.934. The Morgan fingerprint density at radius 2 is 2.10 bits per heavy atom. The average Bonchev–Trinajstić information content (AvgIpc) is 3.07. The van der Waals surface area contributed by atoms with Gasteiger partial charge in [-0.3, -0.25) is 0 Å². The third kappa shape index (κ3) is 2.30. The minimum absolute atomic E-state index is 0.199. The standard InChI is InChI=1S/C15H14N2O3/c1-10-2-7-14(20-10)13-8-9-17(16-13)12-5-3-11(4-6-12)15(18)19/h3-10H,2H2,1H3,(H,18,19). The van der Waals surface area contributed by atoms with Crippen LogP contribution in [0.1, 0.15) is 29.4 Å². The Morgan fingerprint density at radius 1 is 1.35 bits per heavy atom. The maximum Gasteiger partial charge on any atom is 0.335 e. The lowest BCUT2D eigenvalue weighted by Gasteiger charge is -2.05. The van der Waals surface area contributed by atoms with Crippen molar-refractivity contribution in [2.75, 3.05) is 0 Å². The number of aromatic nitrogens is 2. The first-order valence-electron chi connectivity index (χ1n) is 6.40. The van der Waals surface area contributed by atoms with Gasteiger partial charge < -0.3 is 9.84 Å². The normalized spacial score (nSPS) is 17.6. The summed E-state index contributed by atoms with van der Waals surface area (Å²) < 4.78 is 7.36. The lowest BCUT2D eigenvalue weighted by Crippen LogP contribution is -2.00. The van der Waals surface area contributed by atoms with Crippen molar-refractivity contribution in [1.29, 1.82) is 0 Å². The Kier molecular flexibility index (Phi) is 3.02. The molecule has 1 aromatic heterocycles. The van der Waals surface area contributed by atoms with Crippen molar-refractivity contribution in [3.8, 4) is 5.69 Å². The van der Waals surface area contributed by atoms with Gasteiger partial charge in [0, 0.05) is 12.6 Å². The fourth-order valence-corrected chi connectivity index (χ4v) is 2.11. The van der Waals surface area contributed by atoms with E-state index in [0.29, 0.717) is 0 Å². The van der Waals surface area contributed by atoms with Crippen LogP contribution in [0.4, 0.5) is 0 Å². The molecule has 0 fully saturated rings. The van der Waals surface area contributed by atoms with E-state index in [4.69, 9.17) is 9.84 Å². The summed E-state index contributed by atoms with van der Waals surface area (Å²) in [6.45, 7) is 2.02. The Labute approximate surface area is 116 Å². The largest absolute Gasteiger partial charge is 0.488 e. The predicted molar refractivity (Wildman–Crippen MR) is 73.7 cm³/mol. The Balaban J connectivity index is 1.85. The third-order valence-electron chi connectivity index (χ3n) is 3.18. The second kappa shape index (κ2) is 4.85. The first kappa shape index (κ1) is 12.5. The monoisotopic (exact) mass is 270 g/mol. The van der Waals surface area contributed by atoms with Gasteiger partial charge in [0.05, 0.1) is 17.4 Å². The molecule has 2 heterocycles. The number of nitrogens with zero attached hydrogens (tertiary/aromatic N) is 2. The van der Waals surface area contributed by atoms with Crippen molar-refractivity contribution >= 4 is 11.7 Å². The van der Waals surface area contributed by atoms with Gasteiger partial charge in [0.25, 0.3) is 0 Å². The molecule has 1 atom stereocenters. The highest BCUT2D eigenvalue weighted by Gasteiger charge is 2.17. The fraction of sp³-hybridized carbons (Fsp3) is 0.200. The summed E-state index contributed by atoms with van der Waals surface area (Å²) in [5, 5.41) is 13.3. The number of rotatable bonds is 3. The molecule has 3 rings (SSSR count). The van der Waals surface area contributed by atoms with Gasteiger partial charge in [-0.25, -0.2) is 9.48 Å². The smallest absolute Gasteiger partial charge is 0.335 e. The van der Waals surface area contributed by atoms with Gasteiger partial charge in [0.2, 0.25) is 0 Å². The Bertz CT molecular complexity index is 671. The number of benzene rings is 1. The predicted octanol–water partition coefficient (Wildman–Crippen LogP) is 2.72. The second-order valence-electron chi connectivity index (χ2n) is 4.73. The van der Waals surface area contributed by atoms with E-state index in [0.717, 1.165) is 23.6 Å². The fourth-order valence-electron chi connectivity index (χ4n) is 2.11. The van der Waals surface area contributed by atoms with Crippen molar-refractivity contribution in [3.63, 3.8) is 0 Å². The van der Waals surface area contributed by atoms with Crippen molar-refractivity contribution < 1.29 is 14.6 Å². The molecule has 1 N–H and O–H groups in total. The Hall–Kier alpha value is -2.56. The van der Waals surface area contributed by atoms with Crippen LogP contribution in [0.25, 0.3) is 11.4 Å². The highest BCUT2D eigenvalue weighted by atomic mass is 16.5. The minimum Gasteiger partial charge on any atom is -0.488 e. The van der Waals surface area contributed by atoms with Crippen LogP contribution in [-0.4, -0.2) is 27.0 Å². The summed E-state index contributed by atoms with van der Waals surface area (Å²) in [6, 6.07) is 8.47. The molecule has 0 aliphatic carbocycles. The van der Waals surface area contributed by atoms with Crippen LogP contribution in [0, 0.1) is 0 Å². The van der Waals surface area contributed by atoms with E-state index in [1.165, 1.54) is 0 Å². The van der Waals surface area contributed by atoms with Gasteiger partial charge in [0.1, 0.15) is 11.5 Å². The van der Waals surface area contributed by atoms with E-state index in [1.54, 1.807) is 28.9 Å². The van der Waals surface area contributed by atoms with E-state index in [1.807, 2.05) is 25.3 Å². The molecule has 1 aliphatic heterocycles. The van der Waals surface area contributed by atoms with E-state index >= 15 is 0 Å². The molecule has 0 bridgehead atoms.